The summed E-state index contributed by atoms with van der Waals surface area (Å²) in [7, 11) is 0. The molecule has 0 unspecified atom stereocenters. The monoisotopic (exact) mass is 417 g/mol. The highest BCUT2D eigenvalue weighted by Gasteiger charge is 2.23. The zero-order chi connectivity index (χ0) is 21.4. The van der Waals surface area contributed by atoms with E-state index in [1.807, 2.05) is 57.6 Å². The molecule has 5 rings (SSSR count). The van der Waals surface area contributed by atoms with Crippen LogP contribution >= 0.6 is 0 Å². The maximum Gasteiger partial charge on any atom is 0.257 e. The number of rotatable bonds is 5. The minimum absolute atomic E-state index is 0.181. The molecule has 0 aliphatic rings. The van der Waals surface area contributed by atoms with Gasteiger partial charge in [0.05, 0.1) is 42.4 Å². The van der Waals surface area contributed by atoms with E-state index in [1.165, 1.54) is 11.0 Å². The van der Waals surface area contributed by atoms with Crippen molar-refractivity contribution in [2.45, 2.75) is 13.1 Å². The fourth-order valence-corrected chi connectivity index (χ4v) is 3.63. The molecule has 0 fully saturated rings. The molecule has 1 aromatic carbocycles. The molecular formula is C23H17F2N5O. The number of fused-ring (bicyclic) bond motifs is 2. The van der Waals surface area contributed by atoms with Crippen LogP contribution in [0.4, 0.5) is 8.78 Å². The van der Waals surface area contributed by atoms with Crippen LogP contribution in [0.1, 0.15) is 21.7 Å². The van der Waals surface area contributed by atoms with Gasteiger partial charge in [0.1, 0.15) is 22.9 Å². The molecule has 5 aromatic rings. The number of hydrogen-bond acceptors (Lipinski definition) is 3. The number of carbonyl (C=O) groups excluding carboxylic acids is 1. The Kier molecular flexibility index (Phi) is 4.66. The van der Waals surface area contributed by atoms with Crippen molar-refractivity contribution in [1.29, 1.82) is 0 Å². The smallest absolute Gasteiger partial charge is 0.257 e. The Hall–Kier alpha value is -4.07. The maximum absolute atomic E-state index is 14.4. The minimum Gasteiger partial charge on any atom is -0.327 e. The molecule has 0 radical (unpaired) electrons. The predicted octanol–water partition coefficient (Wildman–Crippen LogP) is 4.10. The third-order valence-electron chi connectivity index (χ3n) is 5.14. The Balaban J connectivity index is 1.55. The molecule has 0 bridgehead atoms. The number of pyridine rings is 2. The molecular weight excluding hydrogens is 400 g/mol. The number of benzene rings is 1. The van der Waals surface area contributed by atoms with Crippen LogP contribution in [0.25, 0.3) is 11.3 Å². The first kappa shape index (κ1) is 18.9. The topological polar surface area (TPSA) is 54.9 Å². The van der Waals surface area contributed by atoms with Gasteiger partial charge in [-0.2, -0.15) is 0 Å². The first-order valence-electron chi connectivity index (χ1n) is 9.66. The van der Waals surface area contributed by atoms with E-state index in [0.29, 0.717) is 6.07 Å². The third kappa shape index (κ3) is 3.52. The summed E-state index contributed by atoms with van der Waals surface area (Å²) in [5, 5.41) is 0. The van der Waals surface area contributed by atoms with Crippen LogP contribution in [0.15, 0.2) is 79.4 Å². The Morgan fingerprint density at radius 1 is 0.839 bits per heavy atom. The van der Waals surface area contributed by atoms with Gasteiger partial charge in [0.15, 0.2) is 0 Å². The lowest BCUT2D eigenvalue weighted by Crippen LogP contribution is -2.31. The van der Waals surface area contributed by atoms with Crippen LogP contribution in [-0.4, -0.2) is 29.6 Å². The number of aromatic nitrogens is 4. The molecule has 0 atom stereocenters. The molecule has 0 saturated carbocycles. The van der Waals surface area contributed by atoms with Crippen molar-refractivity contribution in [2.75, 3.05) is 0 Å². The second kappa shape index (κ2) is 7.64. The van der Waals surface area contributed by atoms with Crippen molar-refractivity contribution in [1.82, 2.24) is 23.7 Å². The van der Waals surface area contributed by atoms with Crippen molar-refractivity contribution < 1.29 is 13.6 Å². The van der Waals surface area contributed by atoms with Crippen LogP contribution < -0.4 is 0 Å². The number of amides is 1. The number of hydrogen-bond donors (Lipinski definition) is 0. The Bertz CT molecular complexity index is 1330. The van der Waals surface area contributed by atoms with Crippen LogP contribution in [-0.2, 0) is 13.1 Å². The fraction of sp³-hybridized carbons (Fsp3) is 0.0870. The Morgan fingerprint density at radius 2 is 1.42 bits per heavy atom. The normalized spacial score (nSPS) is 11.3. The van der Waals surface area contributed by atoms with E-state index in [-0.39, 0.29) is 18.7 Å². The Morgan fingerprint density at radius 3 is 1.97 bits per heavy atom. The largest absolute Gasteiger partial charge is 0.327 e. The molecule has 8 heteroatoms. The van der Waals surface area contributed by atoms with Crippen molar-refractivity contribution in [2.24, 2.45) is 0 Å². The van der Waals surface area contributed by atoms with Gasteiger partial charge in [-0.3, -0.25) is 4.79 Å². The quantitative estimate of drug-likeness (QED) is 0.433. The van der Waals surface area contributed by atoms with E-state index in [9.17, 15) is 13.6 Å². The number of nitrogens with zero attached hydrogens (tertiary/aromatic N) is 5. The lowest BCUT2D eigenvalue weighted by molar-refractivity contribution is 0.0720. The van der Waals surface area contributed by atoms with E-state index >= 15 is 0 Å². The highest BCUT2D eigenvalue weighted by Crippen LogP contribution is 2.19. The predicted molar refractivity (Wildman–Crippen MR) is 110 cm³/mol. The van der Waals surface area contributed by atoms with Crippen LogP contribution in [0.2, 0.25) is 0 Å². The summed E-state index contributed by atoms with van der Waals surface area (Å²) in [5.74, 6) is -2.18. The van der Waals surface area contributed by atoms with Crippen LogP contribution in [0, 0.1) is 11.6 Å². The molecule has 154 valence electrons. The standard InChI is InChI=1S/C23H17F2N5O/c24-16-7-8-19(20(25)11-16)23(31)28(14-17-12-26-21-5-1-3-9-29(17)21)15-18-13-27-22-6-2-4-10-30(18)22/h1-13H,14-15H2. The zero-order valence-corrected chi connectivity index (χ0v) is 16.3. The van der Waals surface area contributed by atoms with Crippen molar-refractivity contribution in [3.05, 3.63) is 108 Å². The summed E-state index contributed by atoms with van der Waals surface area (Å²) >= 11 is 0. The van der Waals surface area contributed by atoms with Crippen LogP contribution in [0.3, 0.4) is 0 Å². The van der Waals surface area contributed by atoms with Gasteiger partial charge in [-0.1, -0.05) is 12.1 Å². The van der Waals surface area contributed by atoms with Gasteiger partial charge in [0.2, 0.25) is 0 Å². The summed E-state index contributed by atoms with van der Waals surface area (Å²) in [4.78, 5) is 23.5. The number of halogens is 2. The van der Waals surface area contributed by atoms with Gasteiger partial charge >= 0.3 is 0 Å². The average molecular weight is 417 g/mol. The van der Waals surface area contributed by atoms with Crippen molar-refractivity contribution in [3.63, 3.8) is 0 Å². The molecule has 4 heterocycles. The van der Waals surface area contributed by atoms with Crippen molar-refractivity contribution in [3.8, 4) is 0 Å². The fourth-order valence-electron chi connectivity index (χ4n) is 3.63. The molecule has 0 saturated heterocycles. The lowest BCUT2D eigenvalue weighted by atomic mass is 10.1. The molecule has 31 heavy (non-hydrogen) atoms. The molecule has 4 aromatic heterocycles. The number of imidazole rings is 2. The third-order valence-corrected chi connectivity index (χ3v) is 5.14. The molecule has 0 aliphatic heterocycles. The molecule has 0 aliphatic carbocycles. The summed E-state index contributed by atoms with van der Waals surface area (Å²) < 4.78 is 31.5. The van der Waals surface area contributed by atoms with Gasteiger partial charge in [0, 0.05) is 18.5 Å². The van der Waals surface area contributed by atoms with Crippen LogP contribution in [0.5, 0.6) is 0 Å². The second-order valence-electron chi connectivity index (χ2n) is 7.14. The lowest BCUT2D eigenvalue weighted by Gasteiger charge is -2.23. The summed E-state index contributed by atoms with van der Waals surface area (Å²) in [6.07, 6.45) is 7.08. The number of carbonyl (C=O) groups is 1. The minimum atomic E-state index is -0.897. The van der Waals surface area contributed by atoms with E-state index in [1.54, 1.807) is 12.4 Å². The maximum atomic E-state index is 14.4. The SMILES string of the molecule is O=C(c1ccc(F)cc1F)N(Cc1cnc2ccccn12)Cc1cnc2ccccn12. The van der Waals surface area contributed by atoms with E-state index in [4.69, 9.17) is 0 Å². The van der Waals surface area contributed by atoms with Crippen molar-refractivity contribution >= 4 is 17.2 Å². The summed E-state index contributed by atoms with van der Waals surface area (Å²) in [6.45, 7) is 0.363. The van der Waals surface area contributed by atoms with Gasteiger partial charge in [-0.05, 0) is 36.4 Å². The van der Waals surface area contributed by atoms with E-state index in [2.05, 4.69) is 9.97 Å². The average Bonchev–Trinajstić information content (AvgIpc) is 3.37. The summed E-state index contributed by atoms with van der Waals surface area (Å²) in [6, 6.07) is 14.2. The zero-order valence-electron chi connectivity index (χ0n) is 16.3. The van der Waals surface area contributed by atoms with Gasteiger partial charge in [0.25, 0.3) is 5.91 Å². The van der Waals surface area contributed by atoms with Gasteiger partial charge in [-0.25, -0.2) is 18.7 Å². The molecule has 1 amide bonds. The van der Waals surface area contributed by atoms with E-state index in [0.717, 1.165) is 28.7 Å². The van der Waals surface area contributed by atoms with Gasteiger partial charge < -0.3 is 13.7 Å². The first-order valence-corrected chi connectivity index (χ1v) is 9.66. The highest BCUT2D eigenvalue weighted by molar-refractivity contribution is 5.94. The Labute approximate surface area is 176 Å². The molecule has 0 N–H and O–H groups in total. The molecule has 0 spiro atoms. The highest BCUT2D eigenvalue weighted by atomic mass is 19.1. The first-order chi connectivity index (χ1) is 15.1. The molecule has 6 nitrogen and oxygen atoms in total. The van der Waals surface area contributed by atoms with E-state index < -0.39 is 17.5 Å². The van der Waals surface area contributed by atoms with Gasteiger partial charge in [-0.15, -0.1) is 0 Å². The second-order valence-corrected chi connectivity index (χ2v) is 7.14. The summed E-state index contributed by atoms with van der Waals surface area (Å²) in [5.41, 5.74) is 2.82.